The van der Waals surface area contributed by atoms with Crippen molar-refractivity contribution in [3.8, 4) is 0 Å². The average molecular weight is 405 g/mol. The Kier molecular flexibility index (Phi) is 6.82. The standard InChI is InChI=1S/C20H24N2O3S2/c23-19(12-11-17-7-2-1-3-8-17)21-14-13-18-9-4-5-15-22(18)27(24,25)20-10-6-16-26-20/h1-3,6-8,10-12,16,18H,4-5,9,13-15H2,(H,21,23)/b12-11+. The molecular weight excluding hydrogens is 380 g/mol. The second-order valence-electron chi connectivity index (χ2n) is 6.52. The Labute approximate surface area is 164 Å². The lowest BCUT2D eigenvalue weighted by atomic mass is 10.0. The maximum atomic E-state index is 12.9. The molecule has 0 radical (unpaired) electrons. The molecule has 27 heavy (non-hydrogen) atoms. The third-order valence-corrected chi connectivity index (χ3v) is 7.96. The minimum absolute atomic E-state index is 0.0655. The summed E-state index contributed by atoms with van der Waals surface area (Å²) in [4.78, 5) is 12.0. The molecule has 1 saturated heterocycles. The fraction of sp³-hybridized carbons (Fsp3) is 0.350. The molecule has 1 fully saturated rings. The number of carbonyl (C=O) groups is 1. The van der Waals surface area contributed by atoms with Crippen molar-refractivity contribution in [3.05, 3.63) is 59.5 Å². The van der Waals surface area contributed by atoms with Crippen LogP contribution in [0.5, 0.6) is 0 Å². The van der Waals surface area contributed by atoms with Crippen molar-refractivity contribution in [1.29, 1.82) is 0 Å². The highest BCUT2D eigenvalue weighted by atomic mass is 32.2. The van der Waals surface area contributed by atoms with Gasteiger partial charge in [0.25, 0.3) is 10.0 Å². The van der Waals surface area contributed by atoms with E-state index in [1.165, 1.54) is 17.4 Å². The molecule has 5 nitrogen and oxygen atoms in total. The van der Waals surface area contributed by atoms with Crippen molar-refractivity contribution in [2.24, 2.45) is 0 Å². The van der Waals surface area contributed by atoms with E-state index in [9.17, 15) is 13.2 Å². The van der Waals surface area contributed by atoms with Gasteiger partial charge in [0.15, 0.2) is 0 Å². The molecule has 1 aliphatic rings. The highest BCUT2D eigenvalue weighted by molar-refractivity contribution is 7.91. The molecule has 1 aromatic heterocycles. The van der Waals surface area contributed by atoms with Crippen molar-refractivity contribution in [2.75, 3.05) is 13.1 Å². The van der Waals surface area contributed by atoms with Crippen LogP contribution in [0.4, 0.5) is 0 Å². The molecule has 0 bridgehead atoms. The van der Waals surface area contributed by atoms with Crippen molar-refractivity contribution >= 4 is 33.3 Å². The summed E-state index contributed by atoms with van der Waals surface area (Å²) in [6.45, 7) is 1.01. The first-order valence-electron chi connectivity index (χ1n) is 9.14. The molecule has 1 aromatic carbocycles. The Bertz CT molecular complexity index is 862. The maximum Gasteiger partial charge on any atom is 0.252 e. The fourth-order valence-corrected chi connectivity index (χ4v) is 6.10. The van der Waals surface area contributed by atoms with Gasteiger partial charge in [-0.05, 0) is 42.3 Å². The maximum absolute atomic E-state index is 12.9. The van der Waals surface area contributed by atoms with Crippen molar-refractivity contribution in [3.63, 3.8) is 0 Å². The first-order chi connectivity index (χ1) is 13.1. The van der Waals surface area contributed by atoms with Crippen LogP contribution in [0, 0.1) is 0 Å². The SMILES string of the molecule is O=C(/C=C/c1ccccc1)NCCC1CCCCN1S(=O)(=O)c1cccs1. The summed E-state index contributed by atoms with van der Waals surface area (Å²) in [5, 5.41) is 4.65. The number of hydrogen-bond acceptors (Lipinski definition) is 4. The summed E-state index contributed by atoms with van der Waals surface area (Å²) in [7, 11) is -3.44. The summed E-state index contributed by atoms with van der Waals surface area (Å²) >= 11 is 1.25. The Morgan fingerprint density at radius 1 is 1.19 bits per heavy atom. The van der Waals surface area contributed by atoms with Gasteiger partial charge in [0.05, 0.1) is 0 Å². The van der Waals surface area contributed by atoms with E-state index in [-0.39, 0.29) is 11.9 Å². The quantitative estimate of drug-likeness (QED) is 0.718. The summed E-state index contributed by atoms with van der Waals surface area (Å²) in [6.07, 6.45) is 6.63. The van der Waals surface area contributed by atoms with Crippen LogP contribution < -0.4 is 5.32 Å². The number of amides is 1. The molecule has 0 spiro atoms. The molecule has 2 aromatic rings. The number of thiophene rings is 1. The molecular formula is C20H24N2O3S2. The Balaban J connectivity index is 1.54. The van der Waals surface area contributed by atoms with E-state index < -0.39 is 10.0 Å². The minimum atomic E-state index is -3.44. The number of nitrogens with one attached hydrogen (secondary N) is 1. The average Bonchev–Trinajstić information content (AvgIpc) is 3.23. The van der Waals surface area contributed by atoms with Crippen molar-refractivity contribution in [1.82, 2.24) is 9.62 Å². The molecule has 7 heteroatoms. The monoisotopic (exact) mass is 404 g/mol. The van der Waals surface area contributed by atoms with Gasteiger partial charge in [-0.25, -0.2) is 8.42 Å². The largest absolute Gasteiger partial charge is 0.352 e. The minimum Gasteiger partial charge on any atom is -0.352 e. The van der Waals surface area contributed by atoms with Crippen LogP contribution in [-0.2, 0) is 14.8 Å². The normalized spacial score (nSPS) is 18.6. The topological polar surface area (TPSA) is 66.5 Å². The fourth-order valence-electron chi connectivity index (χ4n) is 3.26. The Morgan fingerprint density at radius 3 is 2.74 bits per heavy atom. The number of piperidine rings is 1. The van der Waals surface area contributed by atoms with Crippen LogP contribution in [-0.4, -0.2) is 37.8 Å². The molecule has 1 N–H and O–H groups in total. The van der Waals surface area contributed by atoms with E-state index in [0.29, 0.717) is 23.7 Å². The van der Waals surface area contributed by atoms with E-state index >= 15 is 0 Å². The molecule has 1 amide bonds. The zero-order valence-electron chi connectivity index (χ0n) is 15.1. The lowest BCUT2D eigenvalue weighted by Gasteiger charge is -2.34. The number of benzene rings is 1. The molecule has 1 unspecified atom stereocenters. The highest BCUT2D eigenvalue weighted by Crippen LogP contribution is 2.28. The first kappa shape index (κ1) is 19.8. The van der Waals surface area contributed by atoms with Gasteiger partial charge in [-0.3, -0.25) is 4.79 Å². The van der Waals surface area contributed by atoms with E-state index in [4.69, 9.17) is 0 Å². The van der Waals surface area contributed by atoms with E-state index in [2.05, 4.69) is 5.32 Å². The summed E-state index contributed by atoms with van der Waals surface area (Å²) in [5.41, 5.74) is 0.966. The van der Waals surface area contributed by atoms with Crippen molar-refractivity contribution in [2.45, 2.75) is 35.9 Å². The van der Waals surface area contributed by atoms with Gasteiger partial charge in [0.1, 0.15) is 4.21 Å². The lowest BCUT2D eigenvalue weighted by molar-refractivity contribution is -0.116. The number of carbonyl (C=O) groups excluding carboxylic acids is 1. The second-order valence-corrected chi connectivity index (χ2v) is 9.59. The predicted octanol–water partition coefficient (Wildman–Crippen LogP) is 3.51. The van der Waals surface area contributed by atoms with E-state index in [0.717, 1.165) is 24.8 Å². The van der Waals surface area contributed by atoms with Gasteiger partial charge in [-0.1, -0.05) is 42.8 Å². The van der Waals surface area contributed by atoms with Crippen LogP contribution in [0.2, 0.25) is 0 Å². The Morgan fingerprint density at radius 2 is 2.00 bits per heavy atom. The number of sulfonamides is 1. The van der Waals surface area contributed by atoms with Gasteiger partial charge in [0.2, 0.25) is 5.91 Å². The van der Waals surface area contributed by atoms with Gasteiger partial charge < -0.3 is 5.32 Å². The highest BCUT2D eigenvalue weighted by Gasteiger charge is 2.33. The summed E-state index contributed by atoms with van der Waals surface area (Å²) < 4.78 is 27.7. The van der Waals surface area contributed by atoms with Gasteiger partial charge >= 0.3 is 0 Å². The van der Waals surface area contributed by atoms with Crippen LogP contribution in [0.15, 0.2) is 58.1 Å². The molecule has 1 aliphatic heterocycles. The molecule has 2 heterocycles. The third-order valence-electron chi connectivity index (χ3n) is 4.63. The van der Waals surface area contributed by atoms with Gasteiger partial charge in [-0.2, -0.15) is 4.31 Å². The molecule has 144 valence electrons. The summed E-state index contributed by atoms with van der Waals surface area (Å²) in [5.74, 6) is -0.165. The molecule has 0 saturated carbocycles. The Hall–Kier alpha value is -1.96. The third kappa shape index (κ3) is 5.28. The van der Waals surface area contributed by atoms with Crippen LogP contribution in [0.25, 0.3) is 6.08 Å². The second kappa shape index (κ2) is 9.30. The smallest absolute Gasteiger partial charge is 0.252 e. The van der Waals surface area contributed by atoms with Crippen LogP contribution in [0.1, 0.15) is 31.2 Å². The lowest BCUT2D eigenvalue weighted by Crippen LogP contribution is -2.44. The van der Waals surface area contributed by atoms with Gasteiger partial charge in [0, 0.05) is 25.2 Å². The zero-order chi connectivity index (χ0) is 19.1. The summed E-state index contributed by atoms with van der Waals surface area (Å²) in [6, 6.07) is 13.0. The predicted molar refractivity (Wildman–Crippen MR) is 109 cm³/mol. The van der Waals surface area contributed by atoms with Crippen LogP contribution in [0.3, 0.4) is 0 Å². The van der Waals surface area contributed by atoms with Crippen LogP contribution >= 0.6 is 11.3 Å². The first-order valence-corrected chi connectivity index (χ1v) is 11.5. The number of hydrogen-bond donors (Lipinski definition) is 1. The van der Waals surface area contributed by atoms with E-state index in [1.54, 1.807) is 27.9 Å². The number of rotatable bonds is 7. The van der Waals surface area contributed by atoms with E-state index in [1.807, 2.05) is 30.3 Å². The molecule has 1 atom stereocenters. The van der Waals surface area contributed by atoms with Gasteiger partial charge in [-0.15, -0.1) is 11.3 Å². The van der Waals surface area contributed by atoms with Crippen molar-refractivity contribution < 1.29 is 13.2 Å². The molecule has 3 rings (SSSR count). The zero-order valence-corrected chi connectivity index (χ0v) is 16.7. The molecule has 0 aliphatic carbocycles. The number of nitrogens with zero attached hydrogens (tertiary/aromatic N) is 1.